The molecule has 3 nitrogen and oxygen atoms in total. The van der Waals surface area contributed by atoms with Gasteiger partial charge in [0.1, 0.15) is 5.75 Å². The van der Waals surface area contributed by atoms with Gasteiger partial charge in [0.05, 0.1) is 17.8 Å². The lowest BCUT2D eigenvalue weighted by atomic mass is 9.49. The first-order valence-corrected chi connectivity index (χ1v) is 9.06. The molecule has 4 aliphatic rings. The Morgan fingerprint density at radius 3 is 2.39 bits per heavy atom. The Morgan fingerprint density at radius 1 is 1.22 bits per heavy atom. The molecule has 5 rings (SSSR count). The molecular weight excluding hydrogens is 310 g/mol. The van der Waals surface area contributed by atoms with E-state index >= 15 is 0 Å². The quantitative estimate of drug-likeness (QED) is 0.851. The second-order valence-corrected chi connectivity index (χ2v) is 8.40. The van der Waals surface area contributed by atoms with Crippen LogP contribution in [0.5, 0.6) is 5.75 Å². The lowest BCUT2D eigenvalue weighted by molar-refractivity contribution is -0.124. The van der Waals surface area contributed by atoms with E-state index in [-0.39, 0.29) is 11.3 Å². The Hall–Kier alpha value is -1.22. The van der Waals surface area contributed by atoms with E-state index in [4.69, 9.17) is 16.3 Å². The number of carbonyl (C=O) groups excluding carboxylic acids is 1. The molecule has 4 aliphatic carbocycles. The van der Waals surface area contributed by atoms with Crippen molar-refractivity contribution < 1.29 is 9.53 Å². The molecule has 0 saturated heterocycles. The Kier molecular flexibility index (Phi) is 3.79. The molecule has 0 unspecified atom stereocenters. The maximum atomic E-state index is 12.6. The van der Waals surface area contributed by atoms with Gasteiger partial charge in [-0.25, -0.2) is 0 Å². The van der Waals surface area contributed by atoms with E-state index in [1.54, 1.807) is 25.3 Å². The Balaban J connectivity index is 1.46. The summed E-state index contributed by atoms with van der Waals surface area (Å²) in [6.07, 6.45) is 8.60. The molecule has 124 valence electrons. The molecule has 1 aromatic carbocycles. The summed E-state index contributed by atoms with van der Waals surface area (Å²) in [5.74, 6) is 3.42. The number of amides is 1. The lowest BCUT2D eigenvalue weighted by Gasteiger charge is -2.56. The van der Waals surface area contributed by atoms with E-state index in [2.05, 4.69) is 5.32 Å². The summed E-state index contributed by atoms with van der Waals surface area (Å²) in [5, 5.41) is 3.57. The smallest absolute Gasteiger partial charge is 0.224 e. The first-order valence-electron chi connectivity index (χ1n) is 8.69. The standard InChI is InChI=1S/C19H24ClNO2/c1-23-15-2-3-16(20)17(7-15)21-18(22)11-19-8-12-4-13(9-19)6-14(5-12)10-19/h2-3,7,12-14H,4-6,8-11H2,1H3,(H,21,22). The maximum Gasteiger partial charge on any atom is 0.224 e. The van der Waals surface area contributed by atoms with Gasteiger partial charge in [0, 0.05) is 12.5 Å². The van der Waals surface area contributed by atoms with Crippen LogP contribution in [-0.2, 0) is 4.79 Å². The summed E-state index contributed by atoms with van der Waals surface area (Å²) < 4.78 is 5.22. The molecule has 0 atom stereocenters. The zero-order valence-corrected chi connectivity index (χ0v) is 14.4. The van der Waals surface area contributed by atoms with E-state index < -0.39 is 0 Å². The molecule has 0 radical (unpaired) electrons. The third kappa shape index (κ3) is 2.96. The van der Waals surface area contributed by atoms with Crippen LogP contribution in [0.15, 0.2) is 18.2 Å². The number of nitrogens with one attached hydrogen (secondary N) is 1. The summed E-state index contributed by atoms with van der Waals surface area (Å²) in [6, 6.07) is 5.36. The zero-order chi connectivity index (χ0) is 16.0. The highest BCUT2D eigenvalue weighted by atomic mass is 35.5. The second-order valence-electron chi connectivity index (χ2n) is 7.99. The highest BCUT2D eigenvalue weighted by Gasteiger charge is 2.51. The average molecular weight is 334 g/mol. The molecule has 1 amide bonds. The summed E-state index contributed by atoms with van der Waals surface area (Å²) in [5.41, 5.74) is 0.908. The summed E-state index contributed by atoms with van der Waals surface area (Å²) >= 11 is 6.20. The number of halogens is 1. The molecule has 4 heteroatoms. The van der Waals surface area contributed by atoms with E-state index in [0.29, 0.717) is 22.9 Å². The van der Waals surface area contributed by atoms with Crippen molar-refractivity contribution in [2.45, 2.75) is 44.9 Å². The van der Waals surface area contributed by atoms with Gasteiger partial charge >= 0.3 is 0 Å². The molecular formula is C19H24ClNO2. The van der Waals surface area contributed by atoms with Crippen molar-refractivity contribution in [3.63, 3.8) is 0 Å². The number of methoxy groups -OCH3 is 1. The molecule has 4 bridgehead atoms. The van der Waals surface area contributed by atoms with Gasteiger partial charge in [-0.3, -0.25) is 4.79 Å². The van der Waals surface area contributed by atoms with Crippen molar-refractivity contribution in [3.05, 3.63) is 23.2 Å². The van der Waals surface area contributed by atoms with Crippen LogP contribution >= 0.6 is 11.6 Å². The van der Waals surface area contributed by atoms with Gasteiger partial charge < -0.3 is 10.1 Å². The van der Waals surface area contributed by atoms with E-state index in [1.165, 1.54) is 38.5 Å². The summed E-state index contributed by atoms with van der Waals surface area (Å²) in [4.78, 5) is 12.6. The van der Waals surface area contributed by atoms with Crippen molar-refractivity contribution in [1.82, 2.24) is 0 Å². The monoisotopic (exact) mass is 333 g/mol. The SMILES string of the molecule is COc1ccc(Cl)c(NC(=O)CC23CC4CC(CC(C4)C2)C3)c1. The van der Waals surface area contributed by atoms with Crippen LogP contribution in [0.25, 0.3) is 0 Å². The molecule has 0 aliphatic heterocycles. The van der Waals surface area contributed by atoms with Crippen LogP contribution < -0.4 is 10.1 Å². The van der Waals surface area contributed by atoms with Crippen LogP contribution in [0.2, 0.25) is 5.02 Å². The number of carbonyl (C=O) groups is 1. The Morgan fingerprint density at radius 2 is 1.83 bits per heavy atom. The highest BCUT2D eigenvalue weighted by Crippen LogP contribution is 2.61. The molecule has 4 fully saturated rings. The molecule has 0 heterocycles. The van der Waals surface area contributed by atoms with Crippen LogP contribution in [0.4, 0.5) is 5.69 Å². The molecule has 23 heavy (non-hydrogen) atoms. The van der Waals surface area contributed by atoms with Crippen LogP contribution in [0, 0.1) is 23.2 Å². The minimum absolute atomic E-state index is 0.0992. The number of hydrogen-bond donors (Lipinski definition) is 1. The van der Waals surface area contributed by atoms with Gasteiger partial charge in [-0.15, -0.1) is 0 Å². The van der Waals surface area contributed by atoms with Gasteiger partial charge in [-0.1, -0.05) is 11.6 Å². The van der Waals surface area contributed by atoms with Crippen molar-refractivity contribution >= 4 is 23.2 Å². The minimum Gasteiger partial charge on any atom is -0.497 e. The van der Waals surface area contributed by atoms with Crippen molar-refractivity contribution in [3.8, 4) is 5.75 Å². The number of hydrogen-bond acceptors (Lipinski definition) is 2. The molecule has 0 aromatic heterocycles. The Labute approximate surface area is 142 Å². The van der Waals surface area contributed by atoms with Crippen molar-refractivity contribution in [2.75, 3.05) is 12.4 Å². The number of benzene rings is 1. The van der Waals surface area contributed by atoms with Gasteiger partial charge in [-0.05, 0) is 73.8 Å². The largest absolute Gasteiger partial charge is 0.497 e. The van der Waals surface area contributed by atoms with Crippen molar-refractivity contribution in [2.24, 2.45) is 23.2 Å². The van der Waals surface area contributed by atoms with Gasteiger partial charge in [0.25, 0.3) is 0 Å². The van der Waals surface area contributed by atoms with Crippen LogP contribution in [0.3, 0.4) is 0 Å². The van der Waals surface area contributed by atoms with E-state index in [1.807, 2.05) is 0 Å². The van der Waals surface area contributed by atoms with Crippen LogP contribution in [-0.4, -0.2) is 13.0 Å². The number of rotatable bonds is 4. The maximum absolute atomic E-state index is 12.6. The third-order valence-corrected chi connectivity index (χ3v) is 6.48. The van der Waals surface area contributed by atoms with E-state index in [9.17, 15) is 4.79 Å². The summed E-state index contributed by atoms with van der Waals surface area (Å²) in [6.45, 7) is 0. The highest BCUT2D eigenvalue weighted by molar-refractivity contribution is 6.33. The second kappa shape index (κ2) is 5.70. The fourth-order valence-electron chi connectivity index (χ4n) is 5.77. The molecule has 1 aromatic rings. The number of anilines is 1. The average Bonchev–Trinajstić information content (AvgIpc) is 2.47. The van der Waals surface area contributed by atoms with E-state index in [0.717, 1.165) is 17.8 Å². The predicted octanol–water partition coefficient (Wildman–Crippen LogP) is 4.89. The fraction of sp³-hybridized carbons (Fsp3) is 0.632. The lowest BCUT2D eigenvalue weighted by Crippen LogP contribution is -2.47. The van der Waals surface area contributed by atoms with Gasteiger partial charge in [-0.2, -0.15) is 0 Å². The van der Waals surface area contributed by atoms with Crippen molar-refractivity contribution in [1.29, 1.82) is 0 Å². The predicted molar refractivity (Wildman–Crippen MR) is 91.9 cm³/mol. The minimum atomic E-state index is 0.0992. The van der Waals surface area contributed by atoms with Gasteiger partial charge in [0.15, 0.2) is 0 Å². The normalized spacial score (nSPS) is 34.4. The summed E-state index contributed by atoms with van der Waals surface area (Å²) in [7, 11) is 1.62. The first kappa shape index (κ1) is 15.3. The first-order chi connectivity index (χ1) is 11.0. The molecule has 0 spiro atoms. The number of ether oxygens (including phenoxy) is 1. The molecule has 4 saturated carbocycles. The Bertz CT molecular complexity index is 593. The molecule has 1 N–H and O–H groups in total. The van der Waals surface area contributed by atoms with Crippen LogP contribution in [0.1, 0.15) is 44.9 Å². The third-order valence-electron chi connectivity index (χ3n) is 6.15. The fourth-order valence-corrected chi connectivity index (χ4v) is 5.93. The topological polar surface area (TPSA) is 38.3 Å². The zero-order valence-electron chi connectivity index (χ0n) is 13.6. The van der Waals surface area contributed by atoms with Gasteiger partial charge in [0.2, 0.25) is 5.91 Å².